The number of hydrogen-bond donors (Lipinski definition) is 3. The zero-order chi connectivity index (χ0) is 19.6. The number of rotatable bonds is 5. The number of nitrogens with one attached hydrogen (secondary N) is 1. The van der Waals surface area contributed by atoms with Crippen molar-refractivity contribution in [3.8, 4) is 11.5 Å². The maximum absolute atomic E-state index is 12.9. The number of methoxy groups -OCH3 is 1. The van der Waals surface area contributed by atoms with E-state index in [1.54, 1.807) is 31.2 Å². The monoisotopic (exact) mass is 369 g/mol. The molecule has 0 radical (unpaired) electrons. The summed E-state index contributed by atoms with van der Waals surface area (Å²) in [4.78, 5) is 25.5. The number of phenolic OH excluding ortho intramolecular Hbond substituents is 2. The molecule has 7 heteroatoms. The Bertz CT molecular complexity index is 901. The lowest BCUT2D eigenvalue weighted by molar-refractivity contribution is -0.165. The van der Waals surface area contributed by atoms with E-state index >= 15 is 0 Å². The van der Waals surface area contributed by atoms with E-state index in [9.17, 15) is 19.8 Å². The van der Waals surface area contributed by atoms with Crippen LogP contribution in [0.25, 0.3) is 11.1 Å². The van der Waals surface area contributed by atoms with E-state index in [1.807, 2.05) is 0 Å². The van der Waals surface area contributed by atoms with Gasteiger partial charge < -0.3 is 25.0 Å². The van der Waals surface area contributed by atoms with Gasteiger partial charge in [0.15, 0.2) is 0 Å². The summed E-state index contributed by atoms with van der Waals surface area (Å²) in [5, 5.41) is 21.8. The van der Waals surface area contributed by atoms with Gasteiger partial charge in [0.1, 0.15) is 11.5 Å². The molecule has 3 rings (SSSR count). The molecule has 0 aromatic heterocycles. The molecule has 27 heavy (non-hydrogen) atoms. The first-order valence-corrected chi connectivity index (χ1v) is 8.31. The Labute approximate surface area is 155 Å². The highest BCUT2D eigenvalue weighted by Gasteiger charge is 2.54. The summed E-state index contributed by atoms with van der Waals surface area (Å²) in [5.41, 5.74) is -0.302. The van der Waals surface area contributed by atoms with Crippen molar-refractivity contribution in [3.63, 3.8) is 0 Å². The second-order valence-corrected chi connectivity index (χ2v) is 5.90. The molecule has 0 unspecified atom stereocenters. The molecule has 0 fully saturated rings. The van der Waals surface area contributed by atoms with Gasteiger partial charge in [-0.1, -0.05) is 24.3 Å². The predicted molar refractivity (Wildman–Crippen MR) is 97.5 cm³/mol. The molecule has 0 saturated carbocycles. The van der Waals surface area contributed by atoms with E-state index in [2.05, 4.69) is 5.32 Å². The Balaban J connectivity index is 2.32. The van der Waals surface area contributed by atoms with Gasteiger partial charge in [-0.05, 0) is 42.3 Å². The van der Waals surface area contributed by atoms with Crippen LogP contribution in [0.5, 0.6) is 11.5 Å². The van der Waals surface area contributed by atoms with Crippen LogP contribution in [0.4, 0.5) is 0 Å². The highest BCUT2D eigenvalue weighted by molar-refractivity contribution is 6.34. The molecule has 1 atom stereocenters. The average molecular weight is 369 g/mol. The van der Waals surface area contributed by atoms with Gasteiger partial charge in [0.05, 0.1) is 12.7 Å². The van der Waals surface area contributed by atoms with Gasteiger partial charge in [-0.2, -0.15) is 0 Å². The van der Waals surface area contributed by atoms with Crippen LogP contribution in [-0.2, 0) is 19.1 Å². The van der Waals surface area contributed by atoms with Gasteiger partial charge in [-0.25, -0.2) is 4.79 Å². The van der Waals surface area contributed by atoms with E-state index in [0.717, 1.165) is 0 Å². The molecule has 2 aromatic carbocycles. The van der Waals surface area contributed by atoms with Crippen LogP contribution in [0.3, 0.4) is 0 Å². The zero-order valence-electron chi connectivity index (χ0n) is 14.9. The minimum absolute atomic E-state index is 0.0443. The van der Waals surface area contributed by atoms with Crippen molar-refractivity contribution in [3.05, 3.63) is 59.7 Å². The van der Waals surface area contributed by atoms with E-state index in [4.69, 9.17) is 9.47 Å². The molecule has 1 aliphatic heterocycles. The molecule has 2 aromatic rings. The van der Waals surface area contributed by atoms with Crippen molar-refractivity contribution in [2.75, 3.05) is 13.7 Å². The summed E-state index contributed by atoms with van der Waals surface area (Å²) in [6.07, 6.45) is 0. The fourth-order valence-corrected chi connectivity index (χ4v) is 3.13. The van der Waals surface area contributed by atoms with Crippen LogP contribution in [0.15, 0.2) is 48.5 Å². The number of hydrogen-bond acceptors (Lipinski definition) is 6. The SMILES string of the molecule is CCO[C@]1(C(=O)OC)NC(=O)C(c2ccc(O)cc2)=C1c1ccc(O)cc1. The van der Waals surface area contributed by atoms with Gasteiger partial charge in [0.25, 0.3) is 11.6 Å². The number of benzene rings is 2. The maximum Gasteiger partial charge on any atom is 0.364 e. The molecule has 7 nitrogen and oxygen atoms in total. The molecule has 1 amide bonds. The Hall–Kier alpha value is -3.32. The molecular weight excluding hydrogens is 350 g/mol. The second-order valence-electron chi connectivity index (χ2n) is 5.90. The summed E-state index contributed by atoms with van der Waals surface area (Å²) in [6.45, 7) is 1.84. The van der Waals surface area contributed by atoms with Crippen LogP contribution in [0.1, 0.15) is 18.1 Å². The average Bonchev–Trinajstić information content (AvgIpc) is 2.96. The van der Waals surface area contributed by atoms with Crippen molar-refractivity contribution in [2.45, 2.75) is 12.6 Å². The number of phenols is 2. The molecule has 3 N–H and O–H groups in total. The largest absolute Gasteiger partial charge is 0.508 e. The zero-order valence-corrected chi connectivity index (χ0v) is 14.9. The molecule has 0 saturated heterocycles. The van der Waals surface area contributed by atoms with E-state index in [-0.39, 0.29) is 29.3 Å². The van der Waals surface area contributed by atoms with Crippen molar-refractivity contribution in [2.24, 2.45) is 0 Å². The van der Waals surface area contributed by atoms with Crippen molar-refractivity contribution in [1.29, 1.82) is 0 Å². The lowest BCUT2D eigenvalue weighted by Gasteiger charge is -2.29. The Morgan fingerprint density at radius 3 is 2.00 bits per heavy atom. The predicted octanol–water partition coefficient (Wildman–Crippen LogP) is 2.04. The first kappa shape index (κ1) is 18.5. The number of amides is 1. The number of aromatic hydroxyl groups is 2. The Kier molecular flexibility index (Phi) is 4.87. The van der Waals surface area contributed by atoms with Crippen LogP contribution in [0, 0.1) is 0 Å². The standard InChI is InChI=1S/C20H19NO6/c1-3-27-20(19(25)26-2)17(13-6-10-15(23)11-7-13)16(18(24)21-20)12-4-8-14(22)9-5-12/h4-11,22-23H,3H2,1-2H3,(H,21,24)/t20-/m1/s1. The molecule has 1 aliphatic rings. The van der Waals surface area contributed by atoms with Crippen LogP contribution in [0.2, 0.25) is 0 Å². The Morgan fingerprint density at radius 2 is 1.52 bits per heavy atom. The normalized spacial score (nSPS) is 19.1. The van der Waals surface area contributed by atoms with E-state index < -0.39 is 17.6 Å². The molecular formula is C20H19NO6. The van der Waals surface area contributed by atoms with E-state index in [1.165, 1.54) is 31.4 Å². The summed E-state index contributed by atoms with van der Waals surface area (Å²) in [6, 6.07) is 12.1. The number of carbonyl (C=O) groups is 2. The topological polar surface area (TPSA) is 105 Å². The smallest absolute Gasteiger partial charge is 0.364 e. The van der Waals surface area contributed by atoms with E-state index in [0.29, 0.717) is 11.1 Å². The van der Waals surface area contributed by atoms with Gasteiger partial charge in [0.2, 0.25) is 0 Å². The second kappa shape index (κ2) is 7.13. The van der Waals surface area contributed by atoms with Crippen molar-refractivity contribution >= 4 is 23.0 Å². The van der Waals surface area contributed by atoms with Gasteiger partial charge in [0, 0.05) is 12.2 Å². The van der Waals surface area contributed by atoms with Gasteiger partial charge >= 0.3 is 5.97 Å². The minimum atomic E-state index is -1.81. The molecule has 0 bridgehead atoms. The van der Waals surface area contributed by atoms with Crippen molar-refractivity contribution < 1.29 is 29.3 Å². The summed E-state index contributed by atoms with van der Waals surface area (Å²) in [5.74, 6) is -1.19. The summed E-state index contributed by atoms with van der Waals surface area (Å²) in [7, 11) is 1.21. The quantitative estimate of drug-likeness (QED) is 0.697. The summed E-state index contributed by atoms with van der Waals surface area (Å²) >= 11 is 0. The van der Waals surface area contributed by atoms with Crippen molar-refractivity contribution in [1.82, 2.24) is 5.32 Å². The fourth-order valence-electron chi connectivity index (χ4n) is 3.13. The molecule has 0 aliphatic carbocycles. The number of ether oxygens (including phenoxy) is 2. The van der Waals surface area contributed by atoms with Gasteiger partial charge in [-0.15, -0.1) is 0 Å². The third-order valence-corrected chi connectivity index (χ3v) is 4.26. The van der Waals surface area contributed by atoms with Crippen LogP contribution >= 0.6 is 0 Å². The highest BCUT2D eigenvalue weighted by atomic mass is 16.6. The molecule has 0 spiro atoms. The lowest BCUT2D eigenvalue weighted by atomic mass is 9.90. The summed E-state index contributed by atoms with van der Waals surface area (Å²) < 4.78 is 10.6. The number of carbonyl (C=O) groups excluding carboxylic acids is 2. The first-order valence-electron chi connectivity index (χ1n) is 8.31. The third kappa shape index (κ3) is 3.13. The molecule has 1 heterocycles. The Morgan fingerprint density at radius 1 is 1.00 bits per heavy atom. The third-order valence-electron chi connectivity index (χ3n) is 4.26. The van der Waals surface area contributed by atoms with Gasteiger partial charge in [-0.3, -0.25) is 4.79 Å². The molecule has 140 valence electrons. The highest BCUT2D eigenvalue weighted by Crippen LogP contribution is 2.42. The number of esters is 1. The first-order chi connectivity index (χ1) is 12.9. The fraction of sp³-hybridized carbons (Fsp3) is 0.200. The maximum atomic E-state index is 12.9. The minimum Gasteiger partial charge on any atom is -0.508 e. The van der Waals surface area contributed by atoms with Crippen LogP contribution in [-0.4, -0.2) is 41.5 Å². The van der Waals surface area contributed by atoms with Crippen LogP contribution < -0.4 is 5.32 Å². The lowest BCUT2D eigenvalue weighted by Crippen LogP contribution is -2.54.